The smallest absolute Gasteiger partial charge is 0.0397 e. The second-order valence-electron chi connectivity index (χ2n) is 4.06. The predicted octanol–water partition coefficient (Wildman–Crippen LogP) is 5.27. The first-order valence-electron chi connectivity index (χ1n) is 6.01. The van der Waals surface area contributed by atoms with Crippen molar-refractivity contribution in [1.82, 2.24) is 0 Å². The van der Waals surface area contributed by atoms with E-state index in [1.54, 1.807) is 0 Å². The fraction of sp³-hybridized carbons (Fsp3) is 0.571. The summed E-state index contributed by atoms with van der Waals surface area (Å²) in [6.07, 6.45) is 6.25. The van der Waals surface area contributed by atoms with E-state index in [0.717, 1.165) is 0 Å². The van der Waals surface area contributed by atoms with Gasteiger partial charge in [-0.2, -0.15) is 0 Å². The first kappa shape index (κ1) is 12.8. The molecule has 15 heavy (non-hydrogen) atoms. The van der Waals surface area contributed by atoms with E-state index in [0.29, 0.717) is 4.83 Å². The molecular formula is C14H21Br. The molecule has 0 heterocycles. The van der Waals surface area contributed by atoms with Crippen LogP contribution < -0.4 is 0 Å². The lowest BCUT2D eigenvalue weighted by Crippen LogP contribution is -1.97. The summed E-state index contributed by atoms with van der Waals surface area (Å²) in [5.41, 5.74) is 3.02. The van der Waals surface area contributed by atoms with E-state index < -0.39 is 0 Å². The van der Waals surface area contributed by atoms with E-state index in [-0.39, 0.29) is 0 Å². The molecule has 0 nitrogen and oxygen atoms in total. The minimum absolute atomic E-state index is 0.538. The predicted molar refractivity (Wildman–Crippen MR) is 71.6 cm³/mol. The second kappa shape index (κ2) is 7.05. The number of benzene rings is 1. The van der Waals surface area contributed by atoms with Crippen molar-refractivity contribution in [2.75, 3.05) is 0 Å². The van der Waals surface area contributed by atoms with Gasteiger partial charge in [-0.15, -0.1) is 0 Å². The van der Waals surface area contributed by atoms with Crippen molar-refractivity contribution >= 4 is 15.9 Å². The standard InChI is InChI=1S/C14H21Br/c1-3-5-9-12-10-6-7-11-13(12)14(15)8-4-2/h6-7,10-11,14H,3-5,8-9H2,1-2H3. The number of hydrogen-bond donors (Lipinski definition) is 0. The summed E-state index contributed by atoms with van der Waals surface area (Å²) in [5.74, 6) is 0. The topological polar surface area (TPSA) is 0 Å². The Kier molecular flexibility index (Phi) is 6.00. The van der Waals surface area contributed by atoms with Gasteiger partial charge in [0.15, 0.2) is 0 Å². The maximum absolute atomic E-state index is 3.79. The molecule has 1 atom stereocenters. The van der Waals surface area contributed by atoms with Crippen LogP contribution in [0.3, 0.4) is 0 Å². The molecule has 0 aliphatic carbocycles. The van der Waals surface area contributed by atoms with Crippen LogP contribution in [0.15, 0.2) is 24.3 Å². The summed E-state index contributed by atoms with van der Waals surface area (Å²) in [6.45, 7) is 4.49. The number of alkyl halides is 1. The van der Waals surface area contributed by atoms with Crippen molar-refractivity contribution in [2.45, 2.75) is 50.8 Å². The van der Waals surface area contributed by atoms with E-state index in [2.05, 4.69) is 54.0 Å². The highest BCUT2D eigenvalue weighted by molar-refractivity contribution is 9.09. The number of halogens is 1. The van der Waals surface area contributed by atoms with E-state index in [9.17, 15) is 0 Å². The third-order valence-corrected chi connectivity index (χ3v) is 3.69. The molecule has 0 fully saturated rings. The van der Waals surface area contributed by atoms with Crippen molar-refractivity contribution in [3.63, 3.8) is 0 Å². The average Bonchev–Trinajstić information content (AvgIpc) is 2.27. The molecule has 1 heteroatoms. The summed E-state index contributed by atoms with van der Waals surface area (Å²) in [5, 5.41) is 0. The van der Waals surface area contributed by atoms with Crippen molar-refractivity contribution in [2.24, 2.45) is 0 Å². The third kappa shape index (κ3) is 3.98. The van der Waals surface area contributed by atoms with Crippen LogP contribution in [0, 0.1) is 0 Å². The Morgan fingerprint density at radius 3 is 2.53 bits per heavy atom. The quantitative estimate of drug-likeness (QED) is 0.617. The molecular weight excluding hydrogens is 248 g/mol. The first-order chi connectivity index (χ1) is 7.29. The van der Waals surface area contributed by atoms with Crippen LogP contribution in [0.5, 0.6) is 0 Å². The molecule has 1 aromatic carbocycles. The lowest BCUT2D eigenvalue weighted by molar-refractivity contribution is 0.754. The van der Waals surface area contributed by atoms with Crippen LogP contribution in [0.25, 0.3) is 0 Å². The van der Waals surface area contributed by atoms with Crippen LogP contribution in [0.4, 0.5) is 0 Å². The van der Waals surface area contributed by atoms with E-state index in [1.165, 1.54) is 43.2 Å². The molecule has 0 saturated carbocycles. The maximum Gasteiger partial charge on any atom is 0.0397 e. The van der Waals surface area contributed by atoms with Crippen LogP contribution >= 0.6 is 15.9 Å². The van der Waals surface area contributed by atoms with E-state index in [1.807, 2.05) is 0 Å². The molecule has 84 valence electrons. The Labute approximate surface area is 102 Å². The third-order valence-electron chi connectivity index (χ3n) is 2.73. The zero-order valence-electron chi connectivity index (χ0n) is 9.80. The molecule has 0 aromatic heterocycles. The Balaban J connectivity index is 2.75. The van der Waals surface area contributed by atoms with Gasteiger partial charge in [0.05, 0.1) is 0 Å². The average molecular weight is 269 g/mol. The summed E-state index contributed by atoms with van der Waals surface area (Å²) in [7, 11) is 0. The molecule has 0 aliphatic heterocycles. The van der Waals surface area contributed by atoms with Crippen molar-refractivity contribution in [1.29, 1.82) is 0 Å². The molecule has 1 unspecified atom stereocenters. The highest BCUT2D eigenvalue weighted by atomic mass is 79.9. The normalized spacial score (nSPS) is 12.7. The number of rotatable bonds is 6. The lowest BCUT2D eigenvalue weighted by atomic mass is 9.98. The molecule has 0 bridgehead atoms. The van der Waals surface area contributed by atoms with Gasteiger partial charge < -0.3 is 0 Å². The SMILES string of the molecule is CCCCc1ccccc1C(Br)CCC. The molecule has 0 N–H and O–H groups in total. The molecule has 0 radical (unpaired) electrons. The first-order valence-corrected chi connectivity index (χ1v) is 6.93. The molecule has 0 spiro atoms. The van der Waals surface area contributed by atoms with E-state index in [4.69, 9.17) is 0 Å². The summed E-state index contributed by atoms with van der Waals surface area (Å²) >= 11 is 3.79. The summed E-state index contributed by atoms with van der Waals surface area (Å²) in [6, 6.07) is 8.84. The zero-order valence-corrected chi connectivity index (χ0v) is 11.4. The van der Waals surface area contributed by atoms with Gasteiger partial charge in [-0.05, 0) is 30.4 Å². The monoisotopic (exact) mass is 268 g/mol. The van der Waals surface area contributed by atoms with Gasteiger partial charge in [-0.3, -0.25) is 0 Å². The van der Waals surface area contributed by atoms with Crippen molar-refractivity contribution in [3.8, 4) is 0 Å². The van der Waals surface area contributed by atoms with Gasteiger partial charge in [0, 0.05) is 4.83 Å². The highest BCUT2D eigenvalue weighted by Gasteiger charge is 2.09. The molecule has 1 rings (SSSR count). The number of hydrogen-bond acceptors (Lipinski definition) is 0. The molecule has 0 aliphatic rings. The van der Waals surface area contributed by atoms with Crippen LogP contribution in [0.2, 0.25) is 0 Å². The van der Waals surface area contributed by atoms with Crippen LogP contribution in [-0.2, 0) is 6.42 Å². The van der Waals surface area contributed by atoms with Crippen LogP contribution in [0.1, 0.15) is 55.5 Å². The lowest BCUT2D eigenvalue weighted by Gasteiger charge is -2.14. The Bertz CT molecular complexity index is 280. The summed E-state index contributed by atoms with van der Waals surface area (Å²) < 4.78 is 0. The van der Waals surface area contributed by atoms with Gasteiger partial charge in [0.25, 0.3) is 0 Å². The fourth-order valence-corrected chi connectivity index (χ4v) is 2.75. The minimum Gasteiger partial charge on any atom is -0.0839 e. The minimum atomic E-state index is 0.538. The Morgan fingerprint density at radius 1 is 1.13 bits per heavy atom. The van der Waals surface area contributed by atoms with Crippen LogP contribution in [-0.4, -0.2) is 0 Å². The van der Waals surface area contributed by atoms with E-state index >= 15 is 0 Å². The summed E-state index contributed by atoms with van der Waals surface area (Å²) in [4.78, 5) is 0.538. The largest absolute Gasteiger partial charge is 0.0839 e. The fourth-order valence-electron chi connectivity index (χ4n) is 1.84. The number of aryl methyl sites for hydroxylation is 1. The number of unbranched alkanes of at least 4 members (excludes halogenated alkanes) is 1. The Hall–Kier alpha value is -0.300. The maximum atomic E-state index is 3.79. The van der Waals surface area contributed by atoms with Gasteiger partial charge in [0.1, 0.15) is 0 Å². The Morgan fingerprint density at radius 2 is 1.87 bits per heavy atom. The van der Waals surface area contributed by atoms with Gasteiger partial charge in [0.2, 0.25) is 0 Å². The van der Waals surface area contributed by atoms with Crippen molar-refractivity contribution < 1.29 is 0 Å². The molecule has 0 saturated heterocycles. The zero-order chi connectivity index (χ0) is 11.1. The van der Waals surface area contributed by atoms with Gasteiger partial charge in [-0.25, -0.2) is 0 Å². The van der Waals surface area contributed by atoms with Gasteiger partial charge in [-0.1, -0.05) is 66.9 Å². The highest BCUT2D eigenvalue weighted by Crippen LogP contribution is 2.30. The second-order valence-corrected chi connectivity index (χ2v) is 5.16. The van der Waals surface area contributed by atoms with Gasteiger partial charge >= 0.3 is 0 Å². The molecule has 1 aromatic rings. The molecule has 0 amide bonds. The van der Waals surface area contributed by atoms with Crippen molar-refractivity contribution in [3.05, 3.63) is 35.4 Å².